The molecule has 2 aromatic carbocycles. The molecule has 2 aromatic rings. The Morgan fingerprint density at radius 2 is 1.50 bits per heavy atom. The molecule has 0 unspecified atom stereocenters. The van der Waals surface area contributed by atoms with Gasteiger partial charge in [0.15, 0.2) is 0 Å². The van der Waals surface area contributed by atoms with Gasteiger partial charge in [-0.05, 0) is 63.1 Å². The molecular weight excluding hydrogens is 400 g/mol. The van der Waals surface area contributed by atoms with E-state index in [2.05, 4.69) is 35.6 Å². The van der Waals surface area contributed by atoms with E-state index in [0.29, 0.717) is 12.2 Å². The van der Waals surface area contributed by atoms with Crippen molar-refractivity contribution in [1.29, 1.82) is 0 Å². The van der Waals surface area contributed by atoms with Gasteiger partial charge in [-0.3, -0.25) is 4.79 Å². The Morgan fingerprint density at radius 3 is 2.22 bits per heavy atom. The molecule has 0 aliphatic heterocycles. The lowest BCUT2D eigenvalue weighted by atomic mass is 10.2. The fourth-order valence-electron chi connectivity index (χ4n) is 3.48. The van der Waals surface area contributed by atoms with Crippen LogP contribution in [-0.4, -0.2) is 50.3 Å². The molecule has 1 amide bonds. The number of amides is 1. The van der Waals surface area contributed by atoms with Crippen LogP contribution in [0.2, 0.25) is 0 Å². The van der Waals surface area contributed by atoms with Crippen molar-refractivity contribution in [2.24, 2.45) is 0 Å². The van der Waals surface area contributed by atoms with Gasteiger partial charge in [0.25, 0.3) is 5.91 Å². The largest absolute Gasteiger partial charge is 0.494 e. The summed E-state index contributed by atoms with van der Waals surface area (Å²) in [6.45, 7) is 9.61. The highest BCUT2D eigenvalue weighted by atomic mass is 16.5. The van der Waals surface area contributed by atoms with Crippen molar-refractivity contribution in [2.75, 3.05) is 39.5 Å². The second-order valence-electron chi connectivity index (χ2n) is 7.89. The monoisotopic (exact) mass is 440 g/mol. The molecule has 0 aromatic heterocycles. The van der Waals surface area contributed by atoms with E-state index in [0.717, 1.165) is 58.0 Å². The zero-order chi connectivity index (χ0) is 22.9. The van der Waals surface area contributed by atoms with Gasteiger partial charge in [-0.1, -0.05) is 43.2 Å². The van der Waals surface area contributed by atoms with E-state index in [4.69, 9.17) is 9.47 Å². The van der Waals surface area contributed by atoms with Crippen LogP contribution in [0.4, 0.5) is 0 Å². The quantitative estimate of drug-likeness (QED) is 0.339. The molecule has 5 nitrogen and oxygen atoms in total. The minimum Gasteiger partial charge on any atom is -0.494 e. The van der Waals surface area contributed by atoms with Crippen LogP contribution in [0.5, 0.6) is 5.75 Å². The summed E-state index contributed by atoms with van der Waals surface area (Å²) < 4.78 is 11.5. The zero-order valence-corrected chi connectivity index (χ0v) is 19.9. The van der Waals surface area contributed by atoms with Crippen molar-refractivity contribution in [3.63, 3.8) is 0 Å². The lowest BCUT2D eigenvalue weighted by Gasteiger charge is -2.18. The Kier molecular flexibility index (Phi) is 13.2. The first kappa shape index (κ1) is 25.9. The SMILES string of the molecule is CCN(CC)C(=O)c1ccc(OCCCOCCCCCCNCc2ccccc2)cc1. The number of unbranched alkanes of at least 4 members (excludes halogenated alkanes) is 3. The summed E-state index contributed by atoms with van der Waals surface area (Å²) in [4.78, 5) is 14.1. The second kappa shape index (κ2) is 16.3. The molecule has 0 fully saturated rings. The van der Waals surface area contributed by atoms with Crippen molar-refractivity contribution >= 4 is 5.91 Å². The third-order valence-electron chi connectivity index (χ3n) is 5.42. The van der Waals surface area contributed by atoms with Gasteiger partial charge in [-0.15, -0.1) is 0 Å². The number of ether oxygens (including phenoxy) is 2. The maximum Gasteiger partial charge on any atom is 0.253 e. The fraction of sp³-hybridized carbons (Fsp3) is 0.519. The lowest BCUT2D eigenvalue weighted by molar-refractivity contribution is 0.0773. The van der Waals surface area contributed by atoms with E-state index in [9.17, 15) is 4.79 Å². The molecule has 0 heterocycles. The maximum atomic E-state index is 12.3. The van der Waals surface area contributed by atoms with Crippen LogP contribution >= 0.6 is 0 Å². The minimum absolute atomic E-state index is 0.0680. The number of benzene rings is 2. The number of hydrogen-bond acceptors (Lipinski definition) is 4. The summed E-state index contributed by atoms with van der Waals surface area (Å²) in [5, 5.41) is 3.50. The first-order chi connectivity index (χ1) is 15.7. The minimum atomic E-state index is 0.0680. The molecule has 0 radical (unpaired) electrons. The predicted octanol–water partition coefficient (Wildman–Crippen LogP) is 5.30. The van der Waals surface area contributed by atoms with Crippen LogP contribution in [0.15, 0.2) is 54.6 Å². The zero-order valence-electron chi connectivity index (χ0n) is 19.9. The highest BCUT2D eigenvalue weighted by Crippen LogP contribution is 2.14. The van der Waals surface area contributed by atoms with Gasteiger partial charge in [-0.2, -0.15) is 0 Å². The van der Waals surface area contributed by atoms with E-state index in [1.807, 2.05) is 43.0 Å². The number of nitrogens with zero attached hydrogens (tertiary/aromatic N) is 1. The first-order valence-electron chi connectivity index (χ1n) is 12.1. The van der Waals surface area contributed by atoms with E-state index >= 15 is 0 Å². The fourth-order valence-corrected chi connectivity index (χ4v) is 3.48. The van der Waals surface area contributed by atoms with Crippen LogP contribution < -0.4 is 10.1 Å². The van der Waals surface area contributed by atoms with Crippen LogP contribution in [0.3, 0.4) is 0 Å². The van der Waals surface area contributed by atoms with E-state index in [1.54, 1.807) is 0 Å². The molecule has 1 N–H and O–H groups in total. The van der Waals surface area contributed by atoms with Crippen molar-refractivity contribution in [2.45, 2.75) is 52.5 Å². The van der Waals surface area contributed by atoms with Crippen LogP contribution in [-0.2, 0) is 11.3 Å². The Morgan fingerprint density at radius 1 is 0.812 bits per heavy atom. The molecule has 0 saturated heterocycles. The van der Waals surface area contributed by atoms with E-state index in [1.165, 1.54) is 24.8 Å². The summed E-state index contributed by atoms with van der Waals surface area (Å²) in [5.41, 5.74) is 2.05. The van der Waals surface area contributed by atoms with Gasteiger partial charge in [0.1, 0.15) is 5.75 Å². The molecule has 0 spiro atoms. The van der Waals surface area contributed by atoms with Gasteiger partial charge in [0, 0.05) is 44.8 Å². The molecular formula is C27H40N2O3. The number of carbonyl (C=O) groups is 1. The van der Waals surface area contributed by atoms with Crippen LogP contribution in [0.1, 0.15) is 61.9 Å². The highest BCUT2D eigenvalue weighted by Gasteiger charge is 2.11. The third-order valence-corrected chi connectivity index (χ3v) is 5.42. The molecule has 0 aliphatic carbocycles. The topological polar surface area (TPSA) is 50.8 Å². The van der Waals surface area contributed by atoms with Crippen molar-refractivity contribution in [3.05, 3.63) is 65.7 Å². The number of nitrogens with one attached hydrogen (secondary N) is 1. The predicted molar refractivity (Wildman–Crippen MR) is 131 cm³/mol. The Bertz CT molecular complexity index is 730. The summed E-state index contributed by atoms with van der Waals surface area (Å²) >= 11 is 0. The normalized spacial score (nSPS) is 10.8. The smallest absolute Gasteiger partial charge is 0.253 e. The van der Waals surface area contributed by atoms with Crippen LogP contribution in [0, 0.1) is 0 Å². The molecule has 0 atom stereocenters. The first-order valence-corrected chi connectivity index (χ1v) is 12.1. The second-order valence-corrected chi connectivity index (χ2v) is 7.89. The standard InChI is InChI=1S/C27H40N2O3/c1-3-29(4-2)27(30)25-15-17-26(18-16-25)32-22-12-21-31-20-11-6-5-10-19-28-23-24-13-8-7-9-14-24/h7-9,13-18,28H,3-6,10-12,19-23H2,1-2H3. The molecule has 0 saturated carbocycles. The average molecular weight is 441 g/mol. The molecule has 176 valence electrons. The summed E-state index contributed by atoms with van der Waals surface area (Å²) in [6.07, 6.45) is 5.63. The third kappa shape index (κ3) is 10.3. The van der Waals surface area contributed by atoms with Gasteiger partial charge < -0.3 is 19.7 Å². The lowest BCUT2D eigenvalue weighted by Crippen LogP contribution is -2.30. The van der Waals surface area contributed by atoms with Gasteiger partial charge in [0.05, 0.1) is 6.61 Å². The Balaban J connectivity index is 1.41. The molecule has 32 heavy (non-hydrogen) atoms. The van der Waals surface area contributed by atoms with E-state index in [-0.39, 0.29) is 5.91 Å². The number of carbonyl (C=O) groups excluding carboxylic acids is 1. The van der Waals surface area contributed by atoms with Gasteiger partial charge >= 0.3 is 0 Å². The Labute approximate surface area is 194 Å². The van der Waals surface area contributed by atoms with Crippen molar-refractivity contribution in [1.82, 2.24) is 10.2 Å². The average Bonchev–Trinajstić information content (AvgIpc) is 2.83. The molecule has 2 rings (SSSR count). The van der Waals surface area contributed by atoms with Gasteiger partial charge in [0.2, 0.25) is 0 Å². The Hall–Kier alpha value is -2.37. The van der Waals surface area contributed by atoms with Crippen molar-refractivity contribution < 1.29 is 14.3 Å². The molecule has 5 heteroatoms. The molecule has 0 bridgehead atoms. The summed E-state index contributed by atoms with van der Waals surface area (Å²) in [6, 6.07) is 17.9. The van der Waals surface area contributed by atoms with Crippen molar-refractivity contribution in [3.8, 4) is 5.75 Å². The highest BCUT2D eigenvalue weighted by molar-refractivity contribution is 5.94. The summed E-state index contributed by atoms with van der Waals surface area (Å²) in [5.74, 6) is 0.861. The van der Waals surface area contributed by atoms with Crippen LogP contribution in [0.25, 0.3) is 0 Å². The maximum absolute atomic E-state index is 12.3. The molecule has 0 aliphatic rings. The number of rotatable bonds is 17. The van der Waals surface area contributed by atoms with E-state index < -0.39 is 0 Å². The number of hydrogen-bond donors (Lipinski definition) is 1. The summed E-state index contributed by atoms with van der Waals surface area (Å²) in [7, 11) is 0. The van der Waals surface area contributed by atoms with Gasteiger partial charge in [-0.25, -0.2) is 0 Å².